The maximum Gasteiger partial charge on any atom is 0.250 e. The van der Waals surface area contributed by atoms with Gasteiger partial charge in [0, 0.05) is 37.3 Å². The Balaban J connectivity index is 1.40. The van der Waals surface area contributed by atoms with Gasteiger partial charge in [-0.25, -0.2) is 17.5 Å². The minimum atomic E-state index is -3.44. The summed E-state index contributed by atoms with van der Waals surface area (Å²) >= 11 is 1.22. The van der Waals surface area contributed by atoms with Crippen molar-refractivity contribution in [3.63, 3.8) is 0 Å². The van der Waals surface area contributed by atoms with Crippen LogP contribution in [0.3, 0.4) is 0 Å². The van der Waals surface area contributed by atoms with Crippen molar-refractivity contribution in [2.45, 2.75) is 29.6 Å². The maximum absolute atomic E-state index is 13.9. The number of nitrogens with one attached hydrogen (secondary N) is 1. The van der Waals surface area contributed by atoms with Crippen LogP contribution in [-0.4, -0.2) is 37.4 Å². The molecule has 27 heavy (non-hydrogen) atoms. The van der Waals surface area contributed by atoms with Gasteiger partial charge in [0.25, 0.3) is 0 Å². The number of likely N-dealkylation sites (tertiary alicyclic amines) is 1. The van der Waals surface area contributed by atoms with Crippen LogP contribution in [0.15, 0.2) is 52.2 Å². The molecule has 1 aliphatic heterocycles. The fourth-order valence-corrected chi connectivity index (χ4v) is 5.81. The molecule has 0 bridgehead atoms. The topological polar surface area (TPSA) is 62.3 Å². The average molecular weight is 406 g/mol. The van der Waals surface area contributed by atoms with E-state index in [1.54, 1.807) is 35.8 Å². The van der Waals surface area contributed by atoms with Gasteiger partial charge in [0.2, 0.25) is 10.0 Å². The molecule has 0 atom stereocenters. The molecule has 1 aromatic carbocycles. The third-order valence-electron chi connectivity index (χ3n) is 4.81. The zero-order chi connectivity index (χ0) is 18.9. The third-order valence-corrected chi connectivity index (χ3v) is 7.73. The number of rotatable bonds is 5. The number of halogens is 1. The van der Waals surface area contributed by atoms with Crippen molar-refractivity contribution in [1.82, 2.24) is 14.6 Å². The van der Waals surface area contributed by atoms with Crippen LogP contribution in [0.4, 0.5) is 4.39 Å². The van der Waals surface area contributed by atoms with Gasteiger partial charge in [0.05, 0.1) is 5.52 Å². The highest BCUT2D eigenvalue weighted by atomic mass is 32.2. The van der Waals surface area contributed by atoms with Crippen LogP contribution in [0.25, 0.3) is 10.9 Å². The molecular weight excluding hydrogens is 385 g/mol. The standard InChI is InChI=1S/C19H20FN3O2S2/c20-16-11-14-3-1-7-21-19(14)15(12-16)13-23-8-5-17(6-9-23)22-27(24,25)18-4-2-10-26-18/h1-4,7,10-12,17,22H,5-6,8-9,13H2. The zero-order valence-corrected chi connectivity index (χ0v) is 16.3. The first-order chi connectivity index (χ1) is 13.0. The van der Waals surface area contributed by atoms with Crippen molar-refractivity contribution in [3.05, 3.63) is 59.4 Å². The molecule has 0 spiro atoms. The van der Waals surface area contributed by atoms with Crippen molar-refractivity contribution in [2.75, 3.05) is 13.1 Å². The molecule has 0 saturated carbocycles. The molecule has 4 rings (SSSR count). The van der Waals surface area contributed by atoms with Gasteiger partial charge >= 0.3 is 0 Å². The van der Waals surface area contributed by atoms with Gasteiger partial charge in [-0.15, -0.1) is 11.3 Å². The van der Waals surface area contributed by atoms with Gasteiger partial charge in [-0.3, -0.25) is 9.88 Å². The van der Waals surface area contributed by atoms with E-state index in [-0.39, 0.29) is 11.9 Å². The lowest BCUT2D eigenvalue weighted by molar-refractivity contribution is 0.200. The van der Waals surface area contributed by atoms with Crippen molar-refractivity contribution in [2.24, 2.45) is 0 Å². The fourth-order valence-electron chi connectivity index (χ4n) is 3.49. The summed E-state index contributed by atoms with van der Waals surface area (Å²) < 4.78 is 41.8. The fraction of sp³-hybridized carbons (Fsp3) is 0.316. The third kappa shape index (κ3) is 4.19. The monoisotopic (exact) mass is 405 g/mol. The minimum Gasteiger partial charge on any atom is -0.299 e. The molecule has 1 saturated heterocycles. The number of piperidine rings is 1. The Hall–Kier alpha value is -1.87. The summed E-state index contributed by atoms with van der Waals surface area (Å²) in [5.74, 6) is -0.260. The Labute approximate surface area is 161 Å². The lowest BCUT2D eigenvalue weighted by atomic mass is 10.0. The molecule has 0 aliphatic carbocycles. The van der Waals surface area contributed by atoms with Crippen LogP contribution >= 0.6 is 11.3 Å². The van der Waals surface area contributed by atoms with Crippen LogP contribution in [-0.2, 0) is 16.6 Å². The molecule has 1 aliphatic rings. The molecular formula is C19H20FN3O2S2. The van der Waals surface area contributed by atoms with E-state index in [1.165, 1.54) is 17.4 Å². The minimum absolute atomic E-state index is 0.0734. The molecule has 142 valence electrons. The van der Waals surface area contributed by atoms with E-state index < -0.39 is 10.0 Å². The first-order valence-electron chi connectivity index (χ1n) is 8.82. The Morgan fingerprint density at radius 1 is 1.22 bits per heavy atom. The molecule has 8 heteroatoms. The molecule has 3 aromatic rings. The highest BCUT2D eigenvalue weighted by molar-refractivity contribution is 7.91. The Bertz CT molecular complexity index is 1030. The summed E-state index contributed by atoms with van der Waals surface area (Å²) in [6, 6.07) is 9.98. The molecule has 0 unspecified atom stereocenters. The summed E-state index contributed by atoms with van der Waals surface area (Å²) in [4.78, 5) is 6.62. The Kier molecular flexibility index (Phi) is 5.23. The van der Waals surface area contributed by atoms with Crippen LogP contribution in [0.5, 0.6) is 0 Å². The second kappa shape index (κ2) is 7.63. The Morgan fingerprint density at radius 3 is 2.78 bits per heavy atom. The predicted molar refractivity (Wildman–Crippen MR) is 105 cm³/mol. The molecule has 0 radical (unpaired) electrons. The number of hydrogen-bond donors (Lipinski definition) is 1. The lowest BCUT2D eigenvalue weighted by Gasteiger charge is -2.32. The summed E-state index contributed by atoms with van der Waals surface area (Å²) in [6.45, 7) is 2.11. The number of fused-ring (bicyclic) bond motifs is 1. The molecule has 1 N–H and O–H groups in total. The number of nitrogens with zero attached hydrogens (tertiary/aromatic N) is 2. The molecule has 5 nitrogen and oxygen atoms in total. The molecule has 2 aromatic heterocycles. The largest absolute Gasteiger partial charge is 0.299 e. The number of thiophene rings is 1. The highest BCUT2D eigenvalue weighted by Crippen LogP contribution is 2.23. The highest BCUT2D eigenvalue weighted by Gasteiger charge is 2.25. The number of benzene rings is 1. The predicted octanol–water partition coefficient (Wildman–Crippen LogP) is 3.38. The van der Waals surface area contributed by atoms with E-state index in [1.807, 2.05) is 6.07 Å². The molecule has 0 amide bonds. The van der Waals surface area contributed by atoms with E-state index in [0.29, 0.717) is 10.8 Å². The lowest BCUT2D eigenvalue weighted by Crippen LogP contribution is -2.44. The van der Waals surface area contributed by atoms with Gasteiger partial charge in [-0.05, 0) is 48.1 Å². The zero-order valence-electron chi connectivity index (χ0n) is 14.6. The van der Waals surface area contributed by atoms with E-state index in [4.69, 9.17) is 0 Å². The van der Waals surface area contributed by atoms with Gasteiger partial charge in [-0.1, -0.05) is 12.1 Å². The van der Waals surface area contributed by atoms with Crippen molar-refractivity contribution in [1.29, 1.82) is 0 Å². The van der Waals surface area contributed by atoms with Gasteiger partial charge in [0.1, 0.15) is 10.0 Å². The summed E-state index contributed by atoms with van der Waals surface area (Å²) in [5, 5.41) is 2.56. The summed E-state index contributed by atoms with van der Waals surface area (Å²) in [6.07, 6.45) is 3.17. The molecule has 3 heterocycles. The van der Waals surface area contributed by atoms with E-state index >= 15 is 0 Å². The Morgan fingerprint density at radius 2 is 2.04 bits per heavy atom. The van der Waals surface area contributed by atoms with E-state index in [0.717, 1.165) is 42.4 Å². The molecule has 1 fully saturated rings. The van der Waals surface area contributed by atoms with Gasteiger partial charge < -0.3 is 0 Å². The van der Waals surface area contributed by atoms with E-state index in [9.17, 15) is 12.8 Å². The second-order valence-corrected chi connectivity index (χ2v) is 9.63. The normalized spacial score (nSPS) is 16.8. The van der Waals surface area contributed by atoms with Gasteiger partial charge in [0.15, 0.2) is 0 Å². The van der Waals surface area contributed by atoms with E-state index in [2.05, 4.69) is 14.6 Å². The first kappa shape index (κ1) is 18.5. The second-order valence-electron chi connectivity index (χ2n) is 6.74. The van der Waals surface area contributed by atoms with Crippen LogP contribution in [0, 0.1) is 5.82 Å². The number of pyridine rings is 1. The number of hydrogen-bond acceptors (Lipinski definition) is 5. The average Bonchev–Trinajstić information content (AvgIpc) is 3.19. The van der Waals surface area contributed by atoms with Crippen molar-refractivity contribution in [3.8, 4) is 0 Å². The summed E-state index contributed by atoms with van der Waals surface area (Å²) in [5.41, 5.74) is 1.68. The SMILES string of the molecule is O=S(=O)(NC1CCN(Cc2cc(F)cc3cccnc23)CC1)c1cccs1. The number of sulfonamides is 1. The summed E-state index contributed by atoms with van der Waals surface area (Å²) in [7, 11) is -3.44. The van der Waals surface area contributed by atoms with Crippen LogP contribution < -0.4 is 4.72 Å². The van der Waals surface area contributed by atoms with Gasteiger partial charge in [-0.2, -0.15) is 0 Å². The van der Waals surface area contributed by atoms with Crippen LogP contribution in [0.1, 0.15) is 18.4 Å². The maximum atomic E-state index is 13.9. The van der Waals surface area contributed by atoms with Crippen molar-refractivity contribution >= 4 is 32.3 Å². The quantitative estimate of drug-likeness (QED) is 0.707. The first-order valence-corrected chi connectivity index (χ1v) is 11.2. The smallest absolute Gasteiger partial charge is 0.250 e. The number of aromatic nitrogens is 1. The van der Waals surface area contributed by atoms with Crippen LogP contribution in [0.2, 0.25) is 0 Å². The van der Waals surface area contributed by atoms with Crippen molar-refractivity contribution < 1.29 is 12.8 Å².